The predicted octanol–water partition coefficient (Wildman–Crippen LogP) is -0.451. The molecule has 19 nitrogen and oxygen atoms in total. The number of ether oxygens (including phenoxy) is 6. The molecule has 11 N–H and O–H groups in total. The molecule has 2 bridgehead atoms. The van der Waals surface area contributed by atoms with E-state index in [2.05, 4.69) is 25.4 Å². The van der Waals surface area contributed by atoms with Crippen molar-refractivity contribution in [2.75, 3.05) is 13.2 Å². The number of aliphatic hydroxyl groups is 9. The van der Waals surface area contributed by atoms with E-state index in [-0.39, 0.29) is 35.0 Å². The molecule has 0 radical (unpaired) electrons. The monoisotopic (exact) mass is 947 g/mol. The zero-order valence-corrected chi connectivity index (χ0v) is 38.0. The third-order valence-corrected chi connectivity index (χ3v) is 16.9. The third kappa shape index (κ3) is 8.84. The van der Waals surface area contributed by atoms with Crippen LogP contribution < -0.4 is 5.32 Å². The fourth-order valence-corrected chi connectivity index (χ4v) is 13.5. The summed E-state index contributed by atoms with van der Waals surface area (Å²) in [5, 5.41) is 110. The highest BCUT2D eigenvalue weighted by Gasteiger charge is 2.69. The average molecular weight is 948 g/mol. The number of benzene rings is 1. The van der Waals surface area contributed by atoms with Gasteiger partial charge in [0.15, 0.2) is 18.9 Å². The molecule has 3 heterocycles. The highest BCUT2D eigenvalue weighted by Crippen LogP contribution is 2.73. The number of aliphatic hydroxyl groups excluding tert-OH is 9. The second kappa shape index (κ2) is 19.3. The lowest BCUT2D eigenvalue weighted by Crippen LogP contribution is -2.68. The normalized spacial score (nSPS) is 47.9. The van der Waals surface area contributed by atoms with Gasteiger partial charge in [0.1, 0.15) is 79.3 Å². The van der Waals surface area contributed by atoms with Crippen LogP contribution in [0.5, 0.6) is 0 Å². The molecule has 0 unspecified atom stereocenters. The van der Waals surface area contributed by atoms with E-state index in [0.717, 1.165) is 30.4 Å². The standard InChI is InChI=1S/C48H69NO18/c1-5-26-31(52)34(55)36(57)41(62-26)66-39-38(65-42-37(58)35(56)32(53)27(20-50)63-42)33(54)28(21-51)64-43(39)67-48-17-13-30-45(3)14-9-15-46(4,29(45)12-16-47(30,22-48)19-23(48)2)44(61)49-25(40(59)60)18-24-10-7-6-8-11-24/h5-8,10-11,25-39,41-43,50-58H,1-2,9,12-22H2,3-4H3,(H,49,61)(H,59,60)/t25-,26-,27-,28-,29+,30+,31-,32-,33-,34+,35+,36-,37-,38+,39-,41+,42+,43+,45-,46-,47-,48+/m1/s1. The Morgan fingerprint density at radius 3 is 2.04 bits per heavy atom. The summed E-state index contributed by atoms with van der Waals surface area (Å²) >= 11 is 0. The molecule has 1 spiro atoms. The summed E-state index contributed by atoms with van der Waals surface area (Å²) in [6.45, 7) is 10.9. The van der Waals surface area contributed by atoms with E-state index >= 15 is 0 Å². The molecule has 1 amide bonds. The lowest BCUT2D eigenvalue weighted by atomic mass is 9.40. The van der Waals surface area contributed by atoms with Crippen molar-refractivity contribution in [2.24, 2.45) is 28.1 Å². The number of hydrogen-bond acceptors (Lipinski definition) is 17. The van der Waals surface area contributed by atoms with E-state index in [4.69, 9.17) is 28.4 Å². The van der Waals surface area contributed by atoms with Crippen molar-refractivity contribution < 1.29 is 89.1 Å². The molecule has 3 saturated heterocycles. The molecule has 67 heavy (non-hydrogen) atoms. The second-order valence-corrected chi connectivity index (χ2v) is 20.7. The first-order chi connectivity index (χ1) is 31.8. The molecule has 1 aromatic rings. The van der Waals surface area contributed by atoms with Crippen LogP contribution in [0, 0.1) is 28.1 Å². The highest BCUT2D eigenvalue weighted by molar-refractivity contribution is 5.88. The summed E-state index contributed by atoms with van der Waals surface area (Å²) in [5.74, 6) is -1.30. The molecule has 1 aromatic carbocycles. The fourth-order valence-electron chi connectivity index (χ4n) is 13.5. The van der Waals surface area contributed by atoms with Crippen LogP contribution in [0.4, 0.5) is 0 Å². The van der Waals surface area contributed by atoms with Crippen molar-refractivity contribution in [3.63, 3.8) is 0 Å². The molecule has 7 fully saturated rings. The Hall–Kier alpha value is -2.96. The summed E-state index contributed by atoms with van der Waals surface area (Å²) < 4.78 is 37.3. The van der Waals surface area contributed by atoms with E-state index in [9.17, 15) is 60.7 Å². The van der Waals surface area contributed by atoms with Crippen LogP contribution in [0.3, 0.4) is 0 Å². The minimum atomic E-state index is -1.92. The molecule has 19 heteroatoms. The Labute approximate surface area is 389 Å². The molecule has 374 valence electrons. The Bertz CT molecular complexity index is 1960. The van der Waals surface area contributed by atoms with Gasteiger partial charge in [-0.1, -0.05) is 63.3 Å². The van der Waals surface area contributed by atoms with Gasteiger partial charge < -0.3 is 84.8 Å². The fraction of sp³-hybridized carbons (Fsp3) is 0.750. The summed E-state index contributed by atoms with van der Waals surface area (Å²) in [5.41, 5.74) is -0.995. The van der Waals surface area contributed by atoms with Gasteiger partial charge in [0.2, 0.25) is 5.91 Å². The summed E-state index contributed by atoms with van der Waals surface area (Å²) in [6.07, 6.45) is -17.8. The van der Waals surface area contributed by atoms with Crippen molar-refractivity contribution in [3.05, 3.63) is 60.7 Å². The highest BCUT2D eigenvalue weighted by atomic mass is 16.8. The SMILES string of the molecule is C=C[C@H]1O[C@@H](O[C@H]2[C@H](O[C@]34CC[C@@H]5[C@](CC[C@H]6[C@@]5(C)CCC[C@@]6(C)C(=O)N[C@H](Cc5ccccc5)C(=O)O)(CC3=C)C4)O[C@H](CO)[C@@H](O)[C@@H]2O[C@@H]2O[C@H](CO)[C@@H](O)[C@H](O)[C@H]2O)[C@H](O)[C@@H](O)[C@@H]1O. The van der Waals surface area contributed by atoms with E-state index < -0.39 is 128 Å². The van der Waals surface area contributed by atoms with Gasteiger partial charge >= 0.3 is 5.97 Å². The smallest absolute Gasteiger partial charge is 0.326 e. The molecule has 7 aliphatic rings. The van der Waals surface area contributed by atoms with Crippen LogP contribution in [0.1, 0.15) is 77.2 Å². The zero-order valence-electron chi connectivity index (χ0n) is 38.0. The van der Waals surface area contributed by atoms with Crippen LogP contribution >= 0.6 is 0 Å². The van der Waals surface area contributed by atoms with Gasteiger partial charge in [-0.3, -0.25) is 4.79 Å². The number of carboxylic acid groups (broad SMARTS) is 1. The third-order valence-electron chi connectivity index (χ3n) is 16.9. The van der Waals surface area contributed by atoms with Crippen molar-refractivity contribution in [2.45, 2.75) is 182 Å². The van der Waals surface area contributed by atoms with E-state index in [0.29, 0.717) is 38.5 Å². The van der Waals surface area contributed by atoms with Crippen molar-refractivity contribution in [1.29, 1.82) is 0 Å². The number of carbonyl (C=O) groups excluding carboxylic acids is 1. The van der Waals surface area contributed by atoms with Gasteiger partial charge in [-0.25, -0.2) is 4.79 Å². The Morgan fingerprint density at radius 2 is 1.39 bits per heavy atom. The van der Waals surface area contributed by atoms with Crippen LogP contribution in [0.2, 0.25) is 0 Å². The Morgan fingerprint density at radius 1 is 0.776 bits per heavy atom. The molecule has 4 saturated carbocycles. The molecular weight excluding hydrogens is 879 g/mol. The van der Waals surface area contributed by atoms with E-state index in [1.165, 1.54) is 6.08 Å². The van der Waals surface area contributed by atoms with Gasteiger partial charge in [-0.15, -0.1) is 6.58 Å². The van der Waals surface area contributed by atoms with Gasteiger partial charge in [-0.05, 0) is 85.2 Å². The minimum absolute atomic E-state index is 0.0559. The number of amides is 1. The van der Waals surface area contributed by atoms with Crippen molar-refractivity contribution >= 4 is 11.9 Å². The Balaban J connectivity index is 1.07. The number of nitrogens with one attached hydrogen (secondary N) is 1. The summed E-state index contributed by atoms with van der Waals surface area (Å²) in [6, 6.07) is 8.11. The predicted molar refractivity (Wildman–Crippen MR) is 232 cm³/mol. The maximum Gasteiger partial charge on any atom is 0.326 e. The largest absolute Gasteiger partial charge is 0.480 e. The number of hydrogen-bond donors (Lipinski definition) is 11. The van der Waals surface area contributed by atoms with E-state index in [1.54, 1.807) is 0 Å². The first kappa shape index (κ1) is 50.4. The molecule has 22 atom stereocenters. The quantitative estimate of drug-likeness (QED) is 0.0832. The van der Waals surface area contributed by atoms with Crippen molar-refractivity contribution in [1.82, 2.24) is 5.32 Å². The first-order valence-corrected chi connectivity index (χ1v) is 23.6. The lowest BCUT2D eigenvalue weighted by molar-refractivity contribution is -0.397. The van der Waals surface area contributed by atoms with E-state index in [1.807, 2.05) is 37.3 Å². The maximum atomic E-state index is 14.4. The average Bonchev–Trinajstić information content (AvgIpc) is 3.50. The molecule has 0 aromatic heterocycles. The van der Waals surface area contributed by atoms with Gasteiger partial charge in [-0.2, -0.15) is 0 Å². The van der Waals surface area contributed by atoms with Crippen LogP contribution in [-0.4, -0.2) is 180 Å². The molecule has 8 rings (SSSR count). The Kier molecular flexibility index (Phi) is 14.5. The van der Waals surface area contributed by atoms with Gasteiger partial charge in [0, 0.05) is 11.8 Å². The molecule has 4 aliphatic carbocycles. The number of aliphatic carboxylic acids is 1. The second-order valence-electron chi connectivity index (χ2n) is 20.7. The summed E-state index contributed by atoms with van der Waals surface area (Å²) in [4.78, 5) is 26.9. The number of rotatable bonds is 14. The van der Waals surface area contributed by atoms with Gasteiger partial charge in [0.25, 0.3) is 0 Å². The first-order valence-electron chi connectivity index (χ1n) is 23.6. The number of fused-ring (bicyclic) bond motifs is 3. The number of carbonyl (C=O) groups is 2. The lowest BCUT2D eigenvalue weighted by Gasteiger charge is -2.64. The zero-order chi connectivity index (χ0) is 48.4. The molecular formula is C48H69NO18. The molecule has 3 aliphatic heterocycles. The maximum absolute atomic E-state index is 14.4. The summed E-state index contributed by atoms with van der Waals surface area (Å²) in [7, 11) is 0. The van der Waals surface area contributed by atoms with Crippen molar-refractivity contribution in [3.8, 4) is 0 Å². The van der Waals surface area contributed by atoms with Crippen LogP contribution in [-0.2, 0) is 44.4 Å². The minimum Gasteiger partial charge on any atom is -0.480 e. The topological polar surface area (TPSA) is 304 Å². The van der Waals surface area contributed by atoms with Crippen LogP contribution in [0.15, 0.2) is 55.1 Å². The number of carboxylic acids is 1. The van der Waals surface area contributed by atoms with Gasteiger partial charge in [0.05, 0.1) is 18.8 Å². The van der Waals surface area contributed by atoms with Crippen LogP contribution in [0.25, 0.3) is 0 Å².